The van der Waals surface area contributed by atoms with Gasteiger partial charge in [-0.05, 0) is 18.6 Å². The second-order valence-corrected chi connectivity index (χ2v) is 5.17. The first-order valence-corrected chi connectivity index (χ1v) is 7.30. The van der Waals surface area contributed by atoms with Crippen LogP contribution < -0.4 is 15.4 Å². The molecule has 106 valence electrons. The van der Waals surface area contributed by atoms with Gasteiger partial charge in [0.05, 0.1) is 12.6 Å². The van der Waals surface area contributed by atoms with Crippen molar-refractivity contribution in [3.8, 4) is 5.75 Å². The summed E-state index contributed by atoms with van der Waals surface area (Å²) >= 11 is 1.74. The fraction of sp³-hybridized carbons (Fsp3) is 0.462. The van der Waals surface area contributed by atoms with Crippen LogP contribution in [0.25, 0.3) is 0 Å². The topological polar surface area (TPSA) is 50.4 Å². The van der Waals surface area contributed by atoms with Crippen LogP contribution in [0.3, 0.4) is 0 Å². The molecule has 0 aromatic heterocycles. The molecule has 2 rings (SSSR count). The fourth-order valence-corrected chi connectivity index (χ4v) is 2.62. The van der Waals surface area contributed by atoms with E-state index in [1.165, 1.54) is 0 Å². The van der Waals surface area contributed by atoms with Crippen LogP contribution in [0.15, 0.2) is 24.3 Å². The molecule has 1 unspecified atom stereocenters. The number of carbonyl (C=O) groups is 1. The van der Waals surface area contributed by atoms with E-state index in [9.17, 15) is 4.79 Å². The molecular weight excluding hydrogens is 284 g/mol. The Morgan fingerprint density at radius 3 is 3.11 bits per heavy atom. The maximum Gasteiger partial charge on any atom is 0.242 e. The third-order valence-corrected chi connectivity index (χ3v) is 3.55. The molecule has 1 saturated heterocycles. The molecular formula is C13H19ClN2O2S. The lowest BCUT2D eigenvalue weighted by atomic mass is 10.2. The van der Waals surface area contributed by atoms with Gasteiger partial charge >= 0.3 is 0 Å². The van der Waals surface area contributed by atoms with E-state index >= 15 is 0 Å². The van der Waals surface area contributed by atoms with Crippen molar-refractivity contribution in [2.75, 3.05) is 23.6 Å². The third-order valence-electron chi connectivity index (χ3n) is 2.61. The number of hydrogen-bond donors (Lipinski definition) is 2. The second-order valence-electron chi connectivity index (χ2n) is 4.14. The van der Waals surface area contributed by atoms with Crippen molar-refractivity contribution in [1.29, 1.82) is 0 Å². The van der Waals surface area contributed by atoms with Crippen molar-refractivity contribution in [2.45, 2.75) is 19.4 Å². The summed E-state index contributed by atoms with van der Waals surface area (Å²) in [4.78, 5) is 11.9. The Kier molecular flexibility index (Phi) is 7.05. The Hall–Kier alpha value is -0.910. The largest absolute Gasteiger partial charge is 0.494 e. The zero-order chi connectivity index (χ0) is 12.8. The number of carbonyl (C=O) groups excluding carboxylic acids is 1. The van der Waals surface area contributed by atoms with E-state index in [2.05, 4.69) is 17.6 Å². The first-order chi connectivity index (χ1) is 8.79. The average molecular weight is 303 g/mol. The van der Waals surface area contributed by atoms with Gasteiger partial charge in [0.25, 0.3) is 0 Å². The summed E-state index contributed by atoms with van der Waals surface area (Å²) in [5, 5.41) is 6.05. The highest BCUT2D eigenvalue weighted by molar-refractivity contribution is 7.99. The summed E-state index contributed by atoms with van der Waals surface area (Å²) in [5.41, 5.74) is 0.785. The SMILES string of the molecule is CCCOc1cccc(NC(=O)C2CSCN2)c1.Cl. The molecule has 19 heavy (non-hydrogen) atoms. The molecule has 1 amide bonds. The average Bonchev–Trinajstić information content (AvgIpc) is 2.91. The number of thioether (sulfide) groups is 1. The highest BCUT2D eigenvalue weighted by Crippen LogP contribution is 2.18. The molecule has 0 bridgehead atoms. The van der Waals surface area contributed by atoms with Gasteiger partial charge in [-0.2, -0.15) is 0 Å². The van der Waals surface area contributed by atoms with Crippen LogP contribution in [0, 0.1) is 0 Å². The number of anilines is 1. The summed E-state index contributed by atoms with van der Waals surface area (Å²) in [7, 11) is 0. The van der Waals surface area contributed by atoms with Gasteiger partial charge in [0.1, 0.15) is 5.75 Å². The minimum absolute atomic E-state index is 0. The normalized spacial score (nSPS) is 17.6. The first kappa shape index (κ1) is 16.1. The maximum absolute atomic E-state index is 11.9. The summed E-state index contributed by atoms with van der Waals surface area (Å²) in [6, 6.07) is 7.43. The van der Waals surface area contributed by atoms with Crippen LogP contribution in [-0.2, 0) is 4.79 Å². The van der Waals surface area contributed by atoms with E-state index in [1.54, 1.807) is 11.8 Å². The number of nitrogens with one attached hydrogen (secondary N) is 2. The standard InChI is InChI=1S/C13H18N2O2S.ClH/c1-2-6-17-11-5-3-4-10(7-11)15-13(16)12-8-18-9-14-12;/h3-5,7,12,14H,2,6,8-9H2,1H3,(H,15,16);1H. The van der Waals surface area contributed by atoms with Gasteiger partial charge in [-0.3, -0.25) is 10.1 Å². The zero-order valence-electron chi connectivity index (χ0n) is 10.8. The molecule has 1 heterocycles. The number of amides is 1. The van der Waals surface area contributed by atoms with E-state index < -0.39 is 0 Å². The molecule has 2 N–H and O–H groups in total. The third kappa shape index (κ3) is 4.93. The number of hydrogen-bond acceptors (Lipinski definition) is 4. The van der Waals surface area contributed by atoms with E-state index in [4.69, 9.17) is 4.74 Å². The molecule has 0 spiro atoms. The number of ether oxygens (including phenoxy) is 1. The monoisotopic (exact) mass is 302 g/mol. The quantitative estimate of drug-likeness (QED) is 0.877. The molecule has 1 aromatic carbocycles. The van der Waals surface area contributed by atoms with Crippen LogP contribution in [0.4, 0.5) is 5.69 Å². The Morgan fingerprint density at radius 2 is 2.42 bits per heavy atom. The van der Waals surface area contributed by atoms with E-state index in [0.717, 1.165) is 29.5 Å². The molecule has 1 aromatic rings. The highest BCUT2D eigenvalue weighted by Gasteiger charge is 2.22. The smallest absolute Gasteiger partial charge is 0.242 e. The Morgan fingerprint density at radius 1 is 1.58 bits per heavy atom. The molecule has 1 aliphatic heterocycles. The highest BCUT2D eigenvalue weighted by atomic mass is 35.5. The Bertz CT molecular complexity index is 411. The van der Waals surface area contributed by atoms with Crippen LogP contribution in [0.5, 0.6) is 5.75 Å². The van der Waals surface area contributed by atoms with Crippen LogP contribution in [0.1, 0.15) is 13.3 Å². The van der Waals surface area contributed by atoms with Crippen molar-refractivity contribution in [3.05, 3.63) is 24.3 Å². The van der Waals surface area contributed by atoms with Gasteiger partial charge in [-0.25, -0.2) is 0 Å². The van der Waals surface area contributed by atoms with E-state index in [1.807, 2.05) is 24.3 Å². The van der Waals surface area contributed by atoms with Gasteiger partial charge in [0.15, 0.2) is 0 Å². The molecule has 6 heteroatoms. The van der Waals surface area contributed by atoms with Crippen LogP contribution in [-0.4, -0.2) is 30.2 Å². The summed E-state index contributed by atoms with van der Waals surface area (Å²) < 4.78 is 5.53. The Labute approximate surface area is 124 Å². The Balaban J connectivity index is 0.00000180. The van der Waals surface area contributed by atoms with Crippen molar-refractivity contribution in [2.24, 2.45) is 0 Å². The van der Waals surface area contributed by atoms with Gasteiger partial charge < -0.3 is 10.1 Å². The van der Waals surface area contributed by atoms with Crippen molar-refractivity contribution < 1.29 is 9.53 Å². The minimum Gasteiger partial charge on any atom is -0.494 e. The lowest BCUT2D eigenvalue weighted by molar-refractivity contribution is -0.117. The number of rotatable bonds is 5. The molecule has 1 aliphatic rings. The fourth-order valence-electron chi connectivity index (χ4n) is 1.68. The molecule has 0 saturated carbocycles. The number of benzene rings is 1. The van der Waals surface area contributed by atoms with Crippen molar-refractivity contribution >= 4 is 35.8 Å². The molecule has 0 aliphatic carbocycles. The van der Waals surface area contributed by atoms with E-state index in [-0.39, 0.29) is 24.4 Å². The number of halogens is 1. The predicted molar refractivity (Wildman–Crippen MR) is 82.4 cm³/mol. The van der Waals surface area contributed by atoms with Crippen molar-refractivity contribution in [3.63, 3.8) is 0 Å². The molecule has 1 atom stereocenters. The van der Waals surface area contributed by atoms with Crippen LogP contribution in [0.2, 0.25) is 0 Å². The first-order valence-electron chi connectivity index (χ1n) is 6.14. The molecule has 1 fully saturated rings. The molecule has 0 radical (unpaired) electrons. The second kappa shape index (κ2) is 8.30. The van der Waals surface area contributed by atoms with E-state index in [0.29, 0.717) is 6.61 Å². The van der Waals surface area contributed by atoms with Crippen molar-refractivity contribution in [1.82, 2.24) is 5.32 Å². The van der Waals surface area contributed by atoms with Gasteiger partial charge in [-0.1, -0.05) is 13.0 Å². The van der Waals surface area contributed by atoms with Crippen LogP contribution >= 0.6 is 24.2 Å². The predicted octanol–water partition coefficient (Wildman–Crippen LogP) is 2.50. The summed E-state index contributed by atoms with van der Waals surface area (Å²) in [5.74, 6) is 2.49. The van der Waals surface area contributed by atoms with Gasteiger partial charge in [-0.15, -0.1) is 24.2 Å². The lowest BCUT2D eigenvalue weighted by Gasteiger charge is -2.11. The minimum atomic E-state index is -0.0878. The van der Waals surface area contributed by atoms with Gasteiger partial charge in [0, 0.05) is 23.4 Å². The molecule has 4 nitrogen and oxygen atoms in total. The zero-order valence-corrected chi connectivity index (χ0v) is 12.5. The summed E-state index contributed by atoms with van der Waals surface area (Å²) in [6.07, 6.45) is 0.972. The summed E-state index contributed by atoms with van der Waals surface area (Å²) in [6.45, 7) is 2.76. The lowest BCUT2D eigenvalue weighted by Crippen LogP contribution is -2.37. The maximum atomic E-state index is 11.9. The van der Waals surface area contributed by atoms with Gasteiger partial charge in [0.2, 0.25) is 5.91 Å².